The number of aryl methyl sites for hydroxylation is 1. The molecule has 2 rings (SSSR count). The first-order chi connectivity index (χ1) is 9.04. The van der Waals surface area contributed by atoms with E-state index in [0.717, 1.165) is 5.69 Å². The van der Waals surface area contributed by atoms with Crippen molar-refractivity contribution >= 4 is 10.0 Å². The number of nitrogens with one attached hydrogen (secondary N) is 2. The van der Waals surface area contributed by atoms with Crippen LogP contribution in [0.15, 0.2) is 17.2 Å². The molecule has 1 saturated carbocycles. The minimum absolute atomic E-state index is 0.0113. The third-order valence-corrected chi connectivity index (χ3v) is 6.43. The van der Waals surface area contributed by atoms with Gasteiger partial charge in [0.15, 0.2) is 0 Å². The van der Waals surface area contributed by atoms with Crippen LogP contribution in [0.25, 0.3) is 0 Å². The van der Waals surface area contributed by atoms with Crippen molar-refractivity contribution in [3.05, 3.63) is 18.0 Å². The highest BCUT2D eigenvalue weighted by atomic mass is 32.2. The zero-order chi connectivity index (χ0) is 15.3. The predicted molar refractivity (Wildman–Crippen MR) is 79.8 cm³/mol. The highest BCUT2D eigenvalue weighted by Crippen LogP contribution is 2.62. The SMILES string of the molecule is CNCc1cc(S(=O)(=O)NC2C(C)(C)C2(C)C)cn1C. The maximum absolute atomic E-state index is 12.5. The van der Waals surface area contributed by atoms with Crippen LogP contribution in [0.4, 0.5) is 0 Å². The lowest BCUT2D eigenvalue weighted by Gasteiger charge is -2.06. The van der Waals surface area contributed by atoms with Crippen LogP contribution >= 0.6 is 0 Å². The van der Waals surface area contributed by atoms with Crippen LogP contribution < -0.4 is 10.0 Å². The van der Waals surface area contributed by atoms with Gasteiger partial charge in [0.2, 0.25) is 10.0 Å². The van der Waals surface area contributed by atoms with E-state index in [2.05, 4.69) is 37.7 Å². The topological polar surface area (TPSA) is 63.1 Å². The summed E-state index contributed by atoms with van der Waals surface area (Å²) in [6, 6.07) is 1.70. The third-order valence-electron chi connectivity index (χ3n) is 5.04. The molecule has 1 aliphatic rings. The molecule has 0 atom stereocenters. The molecule has 1 heterocycles. The zero-order valence-corrected chi connectivity index (χ0v) is 13.9. The number of hydrogen-bond donors (Lipinski definition) is 2. The van der Waals surface area contributed by atoms with E-state index in [9.17, 15) is 8.42 Å². The summed E-state index contributed by atoms with van der Waals surface area (Å²) in [6.07, 6.45) is 1.66. The Bertz CT molecular complexity index is 600. The van der Waals surface area contributed by atoms with Crippen LogP contribution in [0.3, 0.4) is 0 Å². The summed E-state index contributed by atoms with van der Waals surface area (Å²) in [7, 11) is 0.242. The van der Waals surface area contributed by atoms with E-state index in [1.807, 2.05) is 18.7 Å². The Morgan fingerprint density at radius 3 is 2.25 bits per heavy atom. The fourth-order valence-corrected chi connectivity index (χ4v) is 4.42. The van der Waals surface area contributed by atoms with E-state index in [-0.39, 0.29) is 16.9 Å². The maximum Gasteiger partial charge on any atom is 0.242 e. The van der Waals surface area contributed by atoms with E-state index in [1.54, 1.807) is 12.3 Å². The molecule has 0 spiro atoms. The molecular formula is C14H25N3O2S. The van der Waals surface area contributed by atoms with Crippen molar-refractivity contribution in [2.75, 3.05) is 7.05 Å². The second-order valence-electron chi connectivity index (χ2n) is 6.81. The molecule has 1 fully saturated rings. The van der Waals surface area contributed by atoms with Gasteiger partial charge in [-0.05, 0) is 23.9 Å². The normalized spacial score (nSPS) is 21.1. The van der Waals surface area contributed by atoms with Gasteiger partial charge in [-0.1, -0.05) is 27.7 Å². The van der Waals surface area contributed by atoms with E-state index in [0.29, 0.717) is 11.4 Å². The van der Waals surface area contributed by atoms with Crippen molar-refractivity contribution in [2.45, 2.75) is 45.2 Å². The second kappa shape index (κ2) is 4.58. The molecule has 0 saturated heterocycles. The molecule has 0 radical (unpaired) electrons. The Morgan fingerprint density at radius 1 is 1.25 bits per heavy atom. The van der Waals surface area contributed by atoms with E-state index in [4.69, 9.17) is 0 Å². The quantitative estimate of drug-likeness (QED) is 0.865. The van der Waals surface area contributed by atoms with Crippen molar-refractivity contribution in [2.24, 2.45) is 17.9 Å². The van der Waals surface area contributed by atoms with Crippen molar-refractivity contribution in [3.63, 3.8) is 0 Å². The van der Waals surface area contributed by atoms with Crippen molar-refractivity contribution in [3.8, 4) is 0 Å². The second-order valence-corrected chi connectivity index (χ2v) is 8.52. The number of sulfonamides is 1. The fraction of sp³-hybridized carbons (Fsp3) is 0.714. The molecule has 6 heteroatoms. The average molecular weight is 299 g/mol. The van der Waals surface area contributed by atoms with Crippen LogP contribution in [0.5, 0.6) is 0 Å². The lowest BCUT2D eigenvalue weighted by molar-refractivity contribution is 0.457. The minimum Gasteiger partial charge on any atom is -0.352 e. The Kier molecular flexibility index (Phi) is 3.56. The highest BCUT2D eigenvalue weighted by Gasteiger charge is 2.66. The molecule has 0 unspecified atom stereocenters. The van der Waals surface area contributed by atoms with E-state index in [1.165, 1.54) is 0 Å². The molecule has 0 bridgehead atoms. The van der Waals surface area contributed by atoms with Crippen LogP contribution in [-0.4, -0.2) is 26.1 Å². The lowest BCUT2D eigenvalue weighted by Crippen LogP contribution is -2.29. The Balaban J connectivity index is 2.22. The molecule has 20 heavy (non-hydrogen) atoms. The van der Waals surface area contributed by atoms with Crippen molar-refractivity contribution < 1.29 is 8.42 Å². The van der Waals surface area contributed by atoms with Crippen LogP contribution in [-0.2, 0) is 23.6 Å². The standard InChI is InChI=1S/C14H25N3O2S/c1-13(2)12(14(13,3)4)16-20(18,19)11-7-10(8-15-5)17(6)9-11/h7,9,12,15-16H,8H2,1-6H3. The molecule has 1 aliphatic carbocycles. The molecule has 2 N–H and O–H groups in total. The maximum atomic E-state index is 12.5. The molecule has 0 aliphatic heterocycles. The lowest BCUT2D eigenvalue weighted by atomic mass is 10.0. The first-order valence-corrected chi connectivity index (χ1v) is 8.34. The number of aromatic nitrogens is 1. The molecule has 0 amide bonds. The van der Waals surface area contributed by atoms with Gasteiger partial charge in [0.1, 0.15) is 0 Å². The summed E-state index contributed by atoms with van der Waals surface area (Å²) in [5, 5.41) is 3.03. The minimum atomic E-state index is -3.46. The summed E-state index contributed by atoms with van der Waals surface area (Å²) >= 11 is 0. The Morgan fingerprint density at radius 2 is 1.80 bits per heavy atom. The number of hydrogen-bond acceptors (Lipinski definition) is 3. The fourth-order valence-electron chi connectivity index (χ4n) is 2.80. The third kappa shape index (κ3) is 2.29. The van der Waals surface area contributed by atoms with Gasteiger partial charge in [-0.25, -0.2) is 13.1 Å². The molecule has 1 aromatic heterocycles. The molecule has 114 valence electrons. The molecular weight excluding hydrogens is 274 g/mol. The Hall–Kier alpha value is -0.850. The summed E-state index contributed by atoms with van der Waals surface area (Å²) in [5.41, 5.74) is 0.924. The van der Waals surface area contributed by atoms with Gasteiger partial charge >= 0.3 is 0 Å². The largest absolute Gasteiger partial charge is 0.352 e. The summed E-state index contributed by atoms with van der Waals surface area (Å²) in [4.78, 5) is 0.337. The van der Waals surface area contributed by atoms with Gasteiger partial charge in [-0.3, -0.25) is 0 Å². The van der Waals surface area contributed by atoms with E-state index >= 15 is 0 Å². The van der Waals surface area contributed by atoms with Crippen molar-refractivity contribution in [1.29, 1.82) is 0 Å². The monoisotopic (exact) mass is 299 g/mol. The average Bonchev–Trinajstić information content (AvgIpc) is 2.65. The predicted octanol–water partition coefficient (Wildman–Crippen LogP) is 1.46. The first kappa shape index (κ1) is 15.5. The summed E-state index contributed by atoms with van der Waals surface area (Å²) in [6.45, 7) is 9.02. The van der Waals surface area contributed by atoms with Crippen LogP contribution in [0.2, 0.25) is 0 Å². The van der Waals surface area contributed by atoms with Gasteiger partial charge in [-0.2, -0.15) is 0 Å². The highest BCUT2D eigenvalue weighted by molar-refractivity contribution is 7.89. The van der Waals surface area contributed by atoms with Gasteiger partial charge in [0, 0.05) is 31.5 Å². The van der Waals surface area contributed by atoms with Crippen molar-refractivity contribution in [1.82, 2.24) is 14.6 Å². The van der Waals surface area contributed by atoms with Gasteiger partial charge in [0.05, 0.1) is 4.90 Å². The van der Waals surface area contributed by atoms with Gasteiger partial charge < -0.3 is 9.88 Å². The first-order valence-electron chi connectivity index (χ1n) is 6.86. The van der Waals surface area contributed by atoms with E-state index < -0.39 is 10.0 Å². The smallest absolute Gasteiger partial charge is 0.242 e. The molecule has 5 nitrogen and oxygen atoms in total. The molecule has 1 aromatic rings. The van der Waals surface area contributed by atoms with Gasteiger partial charge in [-0.15, -0.1) is 0 Å². The zero-order valence-electron chi connectivity index (χ0n) is 13.1. The van der Waals surface area contributed by atoms with Crippen LogP contribution in [0.1, 0.15) is 33.4 Å². The Labute approximate surface area is 121 Å². The van der Waals surface area contributed by atoms with Gasteiger partial charge in [0.25, 0.3) is 0 Å². The van der Waals surface area contributed by atoms with Crippen LogP contribution in [0, 0.1) is 10.8 Å². The summed E-state index contributed by atoms with van der Waals surface area (Å²) < 4.78 is 29.7. The molecule has 0 aromatic carbocycles. The number of nitrogens with zero attached hydrogens (tertiary/aromatic N) is 1. The summed E-state index contributed by atoms with van der Waals surface area (Å²) in [5.74, 6) is 0. The number of rotatable bonds is 5.